The topological polar surface area (TPSA) is 51.5 Å². The summed E-state index contributed by atoms with van der Waals surface area (Å²) >= 11 is 1.11. The van der Waals surface area contributed by atoms with E-state index in [0.717, 1.165) is 40.3 Å². The van der Waals surface area contributed by atoms with Gasteiger partial charge in [0.1, 0.15) is 11.3 Å². The van der Waals surface area contributed by atoms with Gasteiger partial charge in [0, 0.05) is 17.7 Å². The predicted octanol–water partition coefficient (Wildman–Crippen LogP) is 2.68. The molecule has 3 rings (SSSR count). The molecule has 1 N–H and O–H groups in total. The summed E-state index contributed by atoms with van der Waals surface area (Å²) in [7, 11) is 1.66. The van der Waals surface area contributed by atoms with E-state index in [1.165, 1.54) is 12.8 Å². The first-order chi connectivity index (χ1) is 8.78. The van der Waals surface area contributed by atoms with Crippen molar-refractivity contribution in [2.45, 2.75) is 25.3 Å². The van der Waals surface area contributed by atoms with Crippen molar-refractivity contribution in [3.8, 4) is 5.75 Å². The molecule has 4 nitrogen and oxygen atoms in total. The molecule has 2 heterocycles. The van der Waals surface area contributed by atoms with Crippen LogP contribution < -0.4 is 15.0 Å². The lowest BCUT2D eigenvalue weighted by atomic mass is 9.96. The molecule has 0 saturated carbocycles. The van der Waals surface area contributed by atoms with Gasteiger partial charge >= 0.3 is 4.94 Å². The van der Waals surface area contributed by atoms with Crippen molar-refractivity contribution in [3.63, 3.8) is 0 Å². The third kappa shape index (κ3) is 2.04. The van der Waals surface area contributed by atoms with Crippen LogP contribution in [0.5, 0.6) is 5.75 Å². The van der Waals surface area contributed by atoms with Gasteiger partial charge in [-0.3, -0.25) is 0 Å². The van der Waals surface area contributed by atoms with Crippen molar-refractivity contribution in [2.24, 2.45) is 0 Å². The molecule has 1 saturated heterocycles. The monoisotopic (exact) mass is 265 g/mol. The first-order valence-corrected chi connectivity index (χ1v) is 6.94. The van der Waals surface area contributed by atoms with Gasteiger partial charge in [0.2, 0.25) is 0 Å². The summed E-state index contributed by atoms with van der Waals surface area (Å²) in [4.78, 5) is 11.0. The predicted molar refractivity (Wildman–Crippen MR) is 71.5 cm³/mol. The average molecular weight is 265 g/mol. The first-order valence-electron chi connectivity index (χ1n) is 6.13. The van der Waals surface area contributed by atoms with Crippen LogP contribution in [0.25, 0.3) is 10.3 Å². The van der Waals surface area contributed by atoms with Crippen molar-refractivity contribution >= 4 is 21.6 Å². The van der Waals surface area contributed by atoms with Crippen LogP contribution in [0.2, 0.25) is 0 Å². The molecule has 1 fully saturated rings. The maximum Gasteiger partial charge on any atom is 0.396 e. The Balaban J connectivity index is 2.10. The van der Waals surface area contributed by atoms with Crippen molar-refractivity contribution < 1.29 is 9.15 Å². The van der Waals surface area contributed by atoms with Gasteiger partial charge < -0.3 is 14.5 Å². The van der Waals surface area contributed by atoms with E-state index in [-0.39, 0.29) is 4.94 Å². The molecule has 1 aliphatic rings. The van der Waals surface area contributed by atoms with Crippen LogP contribution in [0.3, 0.4) is 0 Å². The van der Waals surface area contributed by atoms with Crippen molar-refractivity contribution in [3.05, 3.63) is 27.4 Å². The second-order valence-corrected chi connectivity index (χ2v) is 5.47. The van der Waals surface area contributed by atoms with Crippen LogP contribution >= 0.6 is 11.3 Å². The summed E-state index contributed by atoms with van der Waals surface area (Å²) in [6.45, 7) is 1.03. The Labute approximate surface area is 109 Å². The minimum atomic E-state index is -0.263. The number of hydrogen-bond donors (Lipinski definition) is 1. The van der Waals surface area contributed by atoms with E-state index in [1.807, 2.05) is 12.1 Å². The summed E-state index contributed by atoms with van der Waals surface area (Å²) < 4.78 is 11.5. The fourth-order valence-corrected chi connectivity index (χ4v) is 3.16. The molecular formula is C13H15NO3S. The maximum absolute atomic E-state index is 11.3. The van der Waals surface area contributed by atoms with E-state index in [2.05, 4.69) is 5.32 Å². The Bertz CT molecular complexity index is 610. The molecule has 1 atom stereocenters. The highest BCUT2D eigenvalue weighted by atomic mass is 32.1. The molecule has 1 aliphatic heterocycles. The summed E-state index contributed by atoms with van der Waals surface area (Å²) in [6.07, 6.45) is 3.53. The molecule has 1 unspecified atom stereocenters. The third-order valence-corrected chi connectivity index (χ3v) is 4.16. The Morgan fingerprint density at radius 1 is 1.44 bits per heavy atom. The van der Waals surface area contributed by atoms with E-state index < -0.39 is 0 Å². The lowest BCUT2D eigenvalue weighted by molar-refractivity contribution is 0.374. The smallest absolute Gasteiger partial charge is 0.396 e. The third-order valence-electron chi connectivity index (χ3n) is 3.37. The Kier molecular flexibility index (Phi) is 3.09. The summed E-state index contributed by atoms with van der Waals surface area (Å²) in [5.41, 5.74) is 1.75. The van der Waals surface area contributed by atoms with Crippen molar-refractivity contribution in [2.75, 3.05) is 13.7 Å². The molecule has 1 aromatic carbocycles. The van der Waals surface area contributed by atoms with Gasteiger partial charge in [-0.05, 0) is 25.5 Å². The molecular weight excluding hydrogens is 250 g/mol. The number of rotatable bonds is 2. The Hall–Kier alpha value is -1.33. The second kappa shape index (κ2) is 4.74. The largest absolute Gasteiger partial charge is 0.496 e. The van der Waals surface area contributed by atoms with Gasteiger partial charge in [0.25, 0.3) is 0 Å². The molecule has 2 aromatic rings. The van der Waals surface area contributed by atoms with Crippen molar-refractivity contribution in [1.82, 2.24) is 5.32 Å². The Morgan fingerprint density at radius 3 is 3.06 bits per heavy atom. The van der Waals surface area contributed by atoms with Crippen LogP contribution in [-0.4, -0.2) is 13.7 Å². The van der Waals surface area contributed by atoms with E-state index >= 15 is 0 Å². The van der Waals surface area contributed by atoms with Gasteiger partial charge in [-0.15, -0.1) is 0 Å². The molecule has 5 heteroatoms. The molecule has 0 aliphatic carbocycles. The molecule has 0 bridgehead atoms. The van der Waals surface area contributed by atoms with E-state index in [1.54, 1.807) is 7.11 Å². The van der Waals surface area contributed by atoms with Crippen LogP contribution in [0, 0.1) is 0 Å². The summed E-state index contributed by atoms with van der Waals surface area (Å²) in [6, 6.07) is 4.13. The highest BCUT2D eigenvalue weighted by molar-refractivity contribution is 7.16. The van der Waals surface area contributed by atoms with E-state index in [0.29, 0.717) is 11.6 Å². The lowest BCUT2D eigenvalue weighted by Gasteiger charge is -2.25. The molecule has 0 amide bonds. The van der Waals surface area contributed by atoms with Gasteiger partial charge in [0.15, 0.2) is 0 Å². The number of ether oxygens (including phenoxy) is 1. The minimum absolute atomic E-state index is 0.263. The molecule has 18 heavy (non-hydrogen) atoms. The maximum atomic E-state index is 11.3. The van der Waals surface area contributed by atoms with Crippen LogP contribution in [0.4, 0.5) is 0 Å². The van der Waals surface area contributed by atoms with Gasteiger partial charge in [-0.25, -0.2) is 4.79 Å². The number of methoxy groups -OCH3 is 1. The zero-order valence-corrected chi connectivity index (χ0v) is 11.0. The molecule has 0 spiro atoms. The van der Waals surface area contributed by atoms with Crippen LogP contribution in [0.15, 0.2) is 21.3 Å². The second-order valence-electron chi connectivity index (χ2n) is 4.50. The molecule has 0 radical (unpaired) electrons. The van der Waals surface area contributed by atoms with Gasteiger partial charge in [0.05, 0.1) is 11.8 Å². The zero-order valence-electron chi connectivity index (χ0n) is 10.2. The number of benzene rings is 1. The van der Waals surface area contributed by atoms with E-state index in [4.69, 9.17) is 9.15 Å². The quantitative estimate of drug-likeness (QED) is 0.907. The van der Waals surface area contributed by atoms with Crippen LogP contribution in [-0.2, 0) is 0 Å². The Morgan fingerprint density at radius 2 is 2.33 bits per heavy atom. The van der Waals surface area contributed by atoms with Crippen molar-refractivity contribution in [1.29, 1.82) is 0 Å². The standard InChI is InChI=1S/C13H15NO3S/c1-16-10-7-12-11(17-13(15)18-12)6-8(10)9-4-2-3-5-14-9/h6-7,9,14H,2-5H2,1H3. The normalized spacial score (nSPS) is 20.2. The average Bonchev–Trinajstić information content (AvgIpc) is 2.77. The molecule has 1 aromatic heterocycles. The minimum Gasteiger partial charge on any atom is -0.496 e. The first kappa shape index (κ1) is 11.7. The van der Waals surface area contributed by atoms with Gasteiger partial charge in [-0.1, -0.05) is 17.8 Å². The lowest BCUT2D eigenvalue weighted by Crippen LogP contribution is -2.27. The summed E-state index contributed by atoms with van der Waals surface area (Å²) in [5, 5.41) is 3.49. The fraction of sp³-hybridized carbons (Fsp3) is 0.462. The number of piperidine rings is 1. The SMILES string of the molecule is COc1cc2sc(=O)oc2cc1C1CCCCN1. The summed E-state index contributed by atoms with van der Waals surface area (Å²) in [5.74, 6) is 0.832. The highest BCUT2D eigenvalue weighted by Crippen LogP contribution is 2.34. The van der Waals surface area contributed by atoms with Gasteiger partial charge in [-0.2, -0.15) is 0 Å². The highest BCUT2D eigenvalue weighted by Gasteiger charge is 2.20. The molecule has 96 valence electrons. The van der Waals surface area contributed by atoms with Crippen LogP contribution in [0.1, 0.15) is 30.9 Å². The fourth-order valence-electron chi connectivity index (χ4n) is 2.48. The number of hydrogen-bond acceptors (Lipinski definition) is 5. The van der Waals surface area contributed by atoms with E-state index in [9.17, 15) is 4.79 Å². The number of fused-ring (bicyclic) bond motifs is 1. The number of nitrogens with one attached hydrogen (secondary N) is 1. The zero-order chi connectivity index (χ0) is 12.5.